The number of hydrogen-bond acceptors (Lipinski definition) is 3. The molecular formula is C22H30O4. The van der Waals surface area contributed by atoms with E-state index >= 15 is 0 Å². The van der Waals surface area contributed by atoms with E-state index in [1.165, 1.54) is 0 Å². The van der Waals surface area contributed by atoms with Crippen LogP contribution in [-0.2, 0) is 9.68 Å². The standard InChI is InChI=1S/C22H30O4/c1-2-3-15-18-21(26-25)19-16-13-11-9-7-5-4-6-8-10-12-14-17-20-22(23)24/h3,5-8,11,13,15-16,19,21,25H,2,4,9-10,17-18,20H2,1H3,(H,23,24)/b7-5-,8-6-,13-11-,15-3-,19-16+/t21-/m0/s1. The van der Waals surface area contributed by atoms with Gasteiger partial charge >= 0.3 is 5.97 Å². The molecule has 0 aliphatic carbocycles. The van der Waals surface area contributed by atoms with E-state index in [1.807, 2.05) is 48.6 Å². The normalized spacial score (nSPS) is 13.3. The maximum atomic E-state index is 10.3. The molecule has 0 aliphatic rings. The van der Waals surface area contributed by atoms with Gasteiger partial charge in [-0.1, -0.05) is 73.6 Å². The van der Waals surface area contributed by atoms with Crippen molar-refractivity contribution in [2.75, 3.05) is 0 Å². The highest BCUT2D eigenvalue weighted by Crippen LogP contribution is 2.01. The summed E-state index contributed by atoms with van der Waals surface area (Å²) >= 11 is 0. The number of aliphatic carboxylic acids is 1. The predicted molar refractivity (Wildman–Crippen MR) is 107 cm³/mol. The van der Waals surface area contributed by atoms with E-state index in [4.69, 9.17) is 10.4 Å². The average molecular weight is 358 g/mol. The third-order valence-electron chi connectivity index (χ3n) is 3.17. The number of carboxylic acids is 1. The van der Waals surface area contributed by atoms with Crippen molar-refractivity contribution in [1.82, 2.24) is 0 Å². The van der Waals surface area contributed by atoms with Gasteiger partial charge in [0.25, 0.3) is 0 Å². The van der Waals surface area contributed by atoms with E-state index in [1.54, 1.807) is 0 Å². The molecular weight excluding hydrogens is 328 g/mol. The molecule has 0 saturated heterocycles. The summed E-state index contributed by atoms with van der Waals surface area (Å²) in [6.45, 7) is 2.06. The van der Waals surface area contributed by atoms with E-state index < -0.39 is 5.97 Å². The number of rotatable bonds is 13. The Kier molecular flexibility index (Phi) is 17.3. The van der Waals surface area contributed by atoms with Crippen LogP contribution in [0.25, 0.3) is 0 Å². The fourth-order valence-electron chi connectivity index (χ4n) is 1.82. The summed E-state index contributed by atoms with van der Waals surface area (Å²) in [6.07, 6.45) is 24.1. The average Bonchev–Trinajstić information content (AvgIpc) is 2.63. The van der Waals surface area contributed by atoms with Crippen LogP contribution in [0.3, 0.4) is 0 Å². The molecule has 0 saturated carbocycles. The molecule has 0 bridgehead atoms. The van der Waals surface area contributed by atoms with Crippen LogP contribution in [0.5, 0.6) is 0 Å². The van der Waals surface area contributed by atoms with Gasteiger partial charge in [0.1, 0.15) is 6.10 Å². The highest BCUT2D eigenvalue weighted by molar-refractivity contribution is 5.66. The van der Waals surface area contributed by atoms with Crippen molar-refractivity contribution in [1.29, 1.82) is 0 Å². The Morgan fingerprint density at radius 3 is 2.42 bits per heavy atom. The second-order valence-corrected chi connectivity index (χ2v) is 5.44. The number of carbonyl (C=O) groups is 1. The molecule has 26 heavy (non-hydrogen) atoms. The lowest BCUT2D eigenvalue weighted by atomic mass is 10.2. The molecule has 0 aromatic carbocycles. The molecule has 2 N–H and O–H groups in total. The zero-order valence-corrected chi connectivity index (χ0v) is 15.5. The van der Waals surface area contributed by atoms with Crippen molar-refractivity contribution < 1.29 is 20.0 Å². The number of hydrogen-bond donors (Lipinski definition) is 2. The van der Waals surface area contributed by atoms with E-state index in [2.05, 4.69) is 35.8 Å². The van der Waals surface area contributed by atoms with Gasteiger partial charge in [-0.15, -0.1) is 5.92 Å². The van der Waals surface area contributed by atoms with Crippen LogP contribution in [0, 0.1) is 11.8 Å². The predicted octanol–water partition coefficient (Wildman–Crippen LogP) is 5.46. The first-order valence-corrected chi connectivity index (χ1v) is 8.96. The van der Waals surface area contributed by atoms with Crippen LogP contribution < -0.4 is 0 Å². The Bertz CT molecular complexity index is 556. The van der Waals surface area contributed by atoms with Crippen molar-refractivity contribution in [3.8, 4) is 11.8 Å². The monoisotopic (exact) mass is 358 g/mol. The van der Waals surface area contributed by atoms with E-state index in [0.717, 1.165) is 19.3 Å². The van der Waals surface area contributed by atoms with Crippen LogP contribution in [0.15, 0.2) is 60.8 Å². The molecule has 1 atom stereocenters. The molecule has 0 spiro atoms. The first kappa shape index (κ1) is 23.6. The fraction of sp³-hybridized carbons (Fsp3) is 0.409. The topological polar surface area (TPSA) is 66.8 Å². The van der Waals surface area contributed by atoms with Gasteiger partial charge in [0.05, 0.1) is 6.42 Å². The quantitative estimate of drug-likeness (QED) is 0.151. The second kappa shape index (κ2) is 19.0. The molecule has 4 nitrogen and oxygen atoms in total. The zero-order chi connectivity index (χ0) is 19.3. The maximum absolute atomic E-state index is 10.3. The minimum atomic E-state index is -0.810. The molecule has 0 rings (SSSR count). The molecule has 0 unspecified atom stereocenters. The van der Waals surface area contributed by atoms with Crippen molar-refractivity contribution in [2.45, 2.75) is 58.0 Å². The number of carboxylic acid groups (broad SMARTS) is 1. The largest absolute Gasteiger partial charge is 0.481 e. The van der Waals surface area contributed by atoms with Gasteiger partial charge in [0.2, 0.25) is 0 Å². The van der Waals surface area contributed by atoms with Gasteiger partial charge in [-0.25, -0.2) is 4.89 Å². The van der Waals surface area contributed by atoms with Gasteiger partial charge in [-0.2, -0.15) is 0 Å². The molecule has 0 heterocycles. The molecule has 142 valence electrons. The maximum Gasteiger partial charge on any atom is 0.304 e. The summed E-state index contributed by atoms with van der Waals surface area (Å²) in [5, 5.41) is 17.3. The van der Waals surface area contributed by atoms with Gasteiger partial charge in [0, 0.05) is 12.8 Å². The van der Waals surface area contributed by atoms with Crippen LogP contribution in [0.2, 0.25) is 0 Å². The highest BCUT2D eigenvalue weighted by Gasteiger charge is 1.99. The molecule has 0 amide bonds. The summed E-state index contributed by atoms with van der Waals surface area (Å²) < 4.78 is 0. The van der Waals surface area contributed by atoms with Crippen LogP contribution in [0.1, 0.15) is 51.9 Å². The Morgan fingerprint density at radius 2 is 1.73 bits per heavy atom. The van der Waals surface area contributed by atoms with Crippen LogP contribution in [0.4, 0.5) is 0 Å². The minimum Gasteiger partial charge on any atom is -0.481 e. The molecule has 0 radical (unpaired) electrons. The summed E-state index contributed by atoms with van der Waals surface area (Å²) in [7, 11) is 0. The van der Waals surface area contributed by atoms with Crippen molar-refractivity contribution in [3.63, 3.8) is 0 Å². The molecule has 0 fully saturated rings. The van der Waals surface area contributed by atoms with Crippen molar-refractivity contribution in [2.24, 2.45) is 0 Å². The lowest BCUT2D eigenvalue weighted by molar-refractivity contribution is -0.264. The zero-order valence-electron chi connectivity index (χ0n) is 15.5. The summed E-state index contributed by atoms with van der Waals surface area (Å²) in [5.41, 5.74) is 0. The first-order chi connectivity index (χ1) is 12.7. The molecule has 0 aliphatic heterocycles. The third kappa shape index (κ3) is 18.0. The van der Waals surface area contributed by atoms with Crippen LogP contribution >= 0.6 is 0 Å². The lowest BCUT2D eigenvalue weighted by Crippen LogP contribution is -2.04. The Morgan fingerprint density at radius 1 is 1.00 bits per heavy atom. The van der Waals surface area contributed by atoms with Gasteiger partial charge in [-0.3, -0.25) is 10.1 Å². The SMILES string of the molecule is CC/C=C\C[C@@H](/C=C/C=C\C/C=C\C/C=C\CC#CCCC(=O)O)OO. The summed E-state index contributed by atoms with van der Waals surface area (Å²) in [4.78, 5) is 14.7. The molecule has 4 heteroatoms. The van der Waals surface area contributed by atoms with Gasteiger partial charge in [0.15, 0.2) is 0 Å². The van der Waals surface area contributed by atoms with Gasteiger partial charge in [-0.05, 0) is 25.7 Å². The fourth-order valence-corrected chi connectivity index (χ4v) is 1.82. The van der Waals surface area contributed by atoms with E-state index in [9.17, 15) is 4.79 Å². The smallest absolute Gasteiger partial charge is 0.304 e. The molecule has 0 aromatic rings. The molecule has 0 aromatic heterocycles. The van der Waals surface area contributed by atoms with Gasteiger partial charge < -0.3 is 5.11 Å². The Balaban J connectivity index is 3.80. The van der Waals surface area contributed by atoms with Crippen molar-refractivity contribution >= 4 is 5.97 Å². The first-order valence-electron chi connectivity index (χ1n) is 8.96. The minimum absolute atomic E-state index is 0.103. The van der Waals surface area contributed by atoms with Crippen molar-refractivity contribution in [3.05, 3.63) is 60.8 Å². The Hall–Kier alpha value is -2.35. The van der Waals surface area contributed by atoms with E-state index in [-0.39, 0.29) is 12.5 Å². The van der Waals surface area contributed by atoms with Crippen LogP contribution in [-0.4, -0.2) is 22.4 Å². The van der Waals surface area contributed by atoms with E-state index in [0.29, 0.717) is 19.3 Å². The summed E-state index contributed by atoms with van der Waals surface area (Å²) in [5.74, 6) is 4.94. The second-order valence-electron chi connectivity index (χ2n) is 5.44. The Labute approximate surface area is 157 Å². The summed E-state index contributed by atoms with van der Waals surface area (Å²) in [6, 6.07) is 0. The lowest BCUT2D eigenvalue weighted by Gasteiger charge is -2.03. The number of allylic oxidation sites excluding steroid dienone is 8. The highest BCUT2D eigenvalue weighted by atomic mass is 17.1. The third-order valence-corrected chi connectivity index (χ3v) is 3.17.